The van der Waals surface area contributed by atoms with E-state index in [0.29, 0.717) is 11.4 Å². The van der Waals surface area contributed by atoms with Crippen LogP contribution in [0.4, 0.5) is 0 Å². The predicted molar refractivity (Wildman–Crippen MR) is 63.2 cm³/mol. The molecule has 1 unspecified atom stereocenters. The minimum Gasteiger partial charge on any atom is -0.385 e. The summed E-state index contributed by atoms with van der Waals surface area (Å²) in [6.07, 6.45) is 3.99. The van der Waals surface area contributed by atoms with E-state index in [0.717, 1.165) is 18.4 Å². The number of aryl methyl sites for hydroxylation is 1. The lowest BCUT2D eigenvalue weighted by molar-refractivity contribution is 0.0420. The van der Waals surface area contributed by atoms with Gasteiger partial charge in [-0.1, -0.05) is 23.7 Å². The van der Waals surface area contributed by atoms with E-state index < -0.39 is 5.60 Å². The molecule has 0 aliphatic heterocycles. The summed E-state index contributed by atoms with van der Waals surface area (Å²) in [4.78, 5) is 0. The van der Waals surface area contributed by atoms with Gasteiger partial charge >= 0.3 is 0 Å². The first-order chi connectivity index (χ1) is 7.08. The minimum atomic E-state index is -0.791. The van der Waals surface area contributed by atoms with Gasteiger partial charge in [0, 0.05) is 10.6 Å². The highest BCUT2D eigenvalue weighted by Gasteiger charge is 2.38. The molecule has 1 aliphatic carbocycles. The first-order valence-electron chi connectivity index (χ1n) is 5.20. The Bertz CT molecular complexity index is 411. The maximum atomic E-state index is 10.5. The molecule has 0 aromatic heterocycles. The van der Waals surface area contributed by atoms with Gasteiger partial charge in [0.15, 0.2) is 0 Å². The van der Waals surface area contributed by atoms with Gasteiger partial charge in [-0.15, -0.1) is 6.58 Å². The summed E-state index contributed by atoms with van der Waals surface area (Å²) >= 11 is 6.17. The summed E-state index contributed by atoms with van der Waals surface area (Å²) in [7, 11) is 0. The van der Waals surface area contributed by atoms with Gasteiger partial charge in [0.25, 0.3) is 0 Å². The predicted octanol–water partition coefficient (Wildman–Crippen LogP) is 3.36. The van der Waals surface area contributed by atoms with Crippen molar-refractivity contribution in [2.75, 3.05) is 0 Å². The monoisotopic (exact) mass is 222 g/mol. The van der Waals surface area contributed by atoms with E-state index in [9.17, 15) is 5.11 Å². The number of hydrogen-bond acceptors (Lipinski definition) is 1. The lowest BCUT2D eigenvalue weighted by Crippen LogP contribution is -2.21. The van der Waals surface area contributed by atoms with Gasteiger partial charge in [0.05, 0.1) is 5.60 Å². The van der Waals surface area contributed by atoms with Gasteiger partial charge in [0.2, 0.25) is 0 Å². The second-order valence-electron chi connectivity index (χ2n) is 4.24. The third-order valence-corrected chi connectivity index (χ3v) is 3.55. The zero-order valence-electron chi connectivity index (χ0n) is 8.89. The average molecular weight is 223 g/mol. The van der Waals surface area contributed by atoms with Gasteiger partial charge in [0.1, 0.15) is 0 Å². The number of aliphatic hydroxyl groups is 1. The second-order valence-corrected chi connectivity index (χ2v) is 4.65. The van der Waals surface area contributed by atoms with Crippen LogP contribution in [0.5, 0.6) is 0 Å². The van der Waals surface area contributed by atoms with Crippen LogP contribution >= 0.6 is 11.6 Å². The van der Waals surface area contributed by atoms with Crippen molar-refractivity contribution in [2.45, 2.75) is 31.8 Å². The van der Waals surface area contributed by atoms with Crippen LogP contribution < -0.4 is 0 Å². The second kappa shape index (κ2) is 3.66. The molecule has 1 N–H and O–H groups in total. The molecule has 0 saturated carbocycles. The Labute approximate surface area is 95.4 Å². The molecule has 0 saturated heterocycles. The van der Waals surface area contributed by atoms with Crippen molar-refractivity contribution in [3.05, 3.63) is 46.5 Å². The Morgan fingerprint density at radius 2 is 2.33 bits per heavy atom. The van der Waals surface area contributed by atoms with Crippen LogP contribution in [0.1, 0.15) is 29.5 Å². The summed E-state index contributed by atoms with van der Waals surface area (Å²) in [6, 6.07) is 3.88. The molecule has 2 rings (SSSR count). The Balaban J connectivity index is 2.58. The highest BCUT2D eigenvalue weighted by molar-refractivity contribution is 6.31. The SMILES string of the molecule is C=CCC1(O)CCc2c(C)ccc(Cl)c21. The maximum absolute atomic E-state index is 10.5. The molecule has 80 valence electrons. The van der Waals surface area contributed by atoms with Crippen LogP contribution in [0, 0.1) is 6.92 Å². The minimum absolute atomic E-state index is 0.573. The Morgan fingerprint density at radius 1 is 1.60 bits per heavy atom. The van der Waals surface area contributed by atoms with Crippen molar-refractivity contribution < 1.29 is 5.11 Å². The van der Waals surface area contributed by atoms with E-state index in [1.165, 1.54) is 11.1 Å². The number of rotatable bonds is 2. The van der Waals surface area contributed by atoms with Crippen molar-refractivity contribution >= 4 is 11.6 Å². The van der Waals surface area contributed by atoms with E-state index in [1.54, 1.807) is 6.08 Å². The summed E-state index contributed by atoms with van der Waals surface area (Å²) < 4.78 is 0. The van der Waals surface area contributed by atoms with Crippen LogP contribution in [0.25, 0.3) is 0 Å². The third-order valence-electron chi connectivity index (χ3n) is 3.23. The lowest BCUT2D eigenvalue weighted by Gasteiger charge is -2.23. The van der Waals surface area contributed by atoms with Crippen LogP contribution in [0.3, 0.4) is 0 Å². The van der Waals surface area contributed by atoms with Gasteiger partial charge in [-0.2, -0.15) is 0 Å². The highest BCUT2D eigenvalue weighted by Crippen LogP contribution is 2.44. The van der Waals surface area contributed by atoms with E-state index >= 15 is 0 Å². The van der Waals surface area contributed by atoms with Crippen molar-refractivity contribution in [1.82, 2.24) is 0 Å². The highest BCUT2D eigenvalue weighted by atomic mass is 35.5. The molecule has 0 spiro atoms. The molecule has 0 bridgehead atoms. The smallest absolute Gasteiger partial charge is 0.0950 e. The maximum Gasteiger partial charge on any atom is 0.0950 e. The fourth-order valence-electron chi connectivity index (χ4n) is 2.45. The third kappa shape index (κ3) is 1.60. The zero-order valence-corrected chi connectivity index (χ0v) is 9.64. The number of halogens is 1. The molecule has 0 heterocycles. The first-order valence-corrected chi connectivity index (χ1v) is 5.58. The Morgan fingerprint density at radius 3 is 3.00 bits per heavy atom. The van der Waals surface area contributed by atoms with E-state index in [1.807, 2.05) is 12.1 Å². The Hall–Kier alpha value is -0.790. The molecule has 1 aliphatic rings. The molecule has 0 fully saturated rings. The van der Waals surface area contributed by atoms with Crippen LogP contribution in [-0.4, -0.2) is 5.11 Å². The number of benzene rings is 1. The largest absolute Gasteiger partial charge is 0.385 e. The molecular formula is C13H15ClO. The number of hydrogen-bond donors (Lipinski definition) is 1. The lowest BCUT2D eigenvalue weighted by atomic mass is 9.91. The van der Waals surface area contributed by atoms with Crippen molar-refractivity contribution in [2.24, 2.45) is 0 Å². The van der Waals surface area contributed by atoms with Crippen LogP contribution in [-0.2, 0) is 12.0 Å². The molecule has 1 aromatic carbocycles. The first kappa shape index (κ1) is 10.7. The molecule has 1 aromatic rings. The van der Waals surface area contributed by atoms with Crippen LogP contribution in [0.15, 0.2) is 24.8 Å². The van der Waals surface area contributed by atoms with Gasteiger partial charge < -0.3 is 5.11 Å². The van der Waals surface area contributed by atoms with E-state index in [4.69, 9.17) is 11.6 Å². The van der Waals surface area contributed by atoms with E-state index in [-0.39, 0.29) is 0 Å². The standard InChI is InChI=1S/C13H15ClO/c1-3-7-13(15)8-6-10-9(2)4-5-11(14)12(10)13/h3-5,15H,1,6-8H2,2H3. The summed E-state index contributed by atoms with van der Waals surface area (Å²) in [6.45, 7) is 5.76. The topological polar surface area (TPSA) is 20.2 Å². The van der Waals surface area contributed by atoms with Crippen molar-refractivity contribution in [3.8, 4) is 0 Å². The van der Waals surface area contributed by atoms with Crippen LogP contribution in [0.2, 0.25) is 5.02 Å². The average Bonchev–Trinajstić information content (AvgIpc) is 2.52. The van der Waals surface area contributed by atoms with Gasteiger partial charge in [-0.3, -0.25) is 0 Å². The Kier molecular flexibility index (Phi) is 2.61. The van der Waals surface area contributed by atoms with E-state index in [2.05, 4.69) is 13.5 Å². The summed E-state index contributed by atoms with van der Waals surface area (Å²) in [5.41, 5.74) is 2.56. The van der Waals surface area contributed by atoms with Gasteiger partial charge in [-0.25, -0.2) is 0 Å². The molecule has 1 atom stereocenters. The zero-order chi connectivity index (χ0) is 11.1. The number of fused-ring (bicyclic) bond motifs is 1. The molecule has 0 amide bonds. The molecule has 2 heteroatoms. The fraction of sp³-hybridized carbons (Fsp3) is 0.385. The molecule has 15 heavy (non-hydrogen) atoms. The van der Waals surface area contributed by atoms with Gasteiger partial charge in [-0.05, 0) is 43.4 Å². The summed E-state index contributed by atoms with van der Waals surface area (Å²) in [5.74, 6) is 0. The molecule has 1 nitrogen and oxygen atoms in total. The quantitative estimate of drug-likeness (QED) is 0.761. The fourth-order valence-corrected chi connectivity index (χ4v) is 2.80. The normalized spacial score (nSPS) is 23.9. The van der Waals surface area contributed by atoms with Crippen molar-refractivity contribution in [3.63, 3.8) is 0 Å². The summed E-state index contributed by atoms with van der Waals surface area (Å²) in [5, 5.41) is 11.2. The molecular weight excluding hydrogens is 208 g/mol. The van der Waals surface area contributed by atoms with Crippen molar-refractivity contribution in [1.29, 1.82) is 0 Å². The molecule has 0 radical (unpaired) electrons.